The molecule has 0 N–H and O–H groups in total. The van der Waals surface area contributed by atoms with Gasteiger partial charge in [0.15, 0.2) is 0 Å². The fourth-order valence-electron chi connectivity index (χ4n) is 1.26. The zero-order chi connectivity index (χ0) is 10.8. The van der Waals surface area contributed by atoms with E-state index in [2.05, 4.69) is 36.8 Å². The summed E-state index contributed by atoms with van der Waals surface area (Å²) in [6.07, 6.45) is 1.79. The molecule has 1 nitrogen and oxygen atoms in total. The van der Waals surface area contributed by atoms with Crippen molar-refractivity contribution >= 4 is 43.5 Å². The molecular formula is C11H6Br2ClN. The summed E-state index contributed by atoms with van der Waals surface area (Å²) in [7, 11) is 0. The van der Waals surface area contributed by atoms with Crippen molar-refractivity contribution in [3.63, 3.8) is 0 Å². The fraction of sp³-hybridized carbons (Fsp3) is 0. The Hall–Kier alpha value is -0.380. The maximum atomic E-state index is 6.10. The second kappa shape index (κ2) is 4.64. The Morgan fingerprint density at radius 1 is 1.13 bits per heavy atom. The molecule has 15 heavy (non-hydrogen) atoms. The van der Waals surface area contributed by atoms with Gasteiger partial charge in [-0.3, -0.25) is 0 Å². The van der Waals surface area contributed by atoms with E-state index in [1.807, 2.05) is 30.3 Å². The molecule has 0 bridgehead atoms. The van der Waals surface area contributed by atoms with Crippen molar-refractivity contribution in [2.45, 2.75) is 0 Å². The van der Waals surface area contributed by atoms with Crippen LogP contribution in [0.1, 0.15) is 0 Å². The average molecular weight is 347 g/mol. The first-order valence-electron chi connectivity index (χ1n) is 4.24. The van der Waals surface area contributed by atoms with Crippen molar-refractivity contribution in [2.24, 2.45) is 0 Å². The Kier molecular flexibility index (Phi) is 3.44. The minimum Gasteiger partial charge on any atom is -0.248 e. The lowest BCUT2D eigenvalue weighted by atomic mass is 10.1. The number of pyridine rings is 1. The summed E-state index contributed by atoms with van der Waals surface area (Å²) in [4.78, 5) is 4.21. The third-order valence-electron chi connectivity index (χ3n) is 1.98. The van der Waals surface area contributed by atoms with E-state index in [1.165, 1.54) is 0 Å². The van der Waals surface area contributed by atoms with Gasteiger partial charge in [0, 0.05) is 22.3 Å². The van der Waals surface area contributed by atoms with Gasteiger partial charge in [0.25, 0.3) is 0 Å². The molecule has 0 atom stereocenters. The number of halogens is 3. The van der Waals surface area contributed by atoms with Crippen LogP contribution in [0, 0.1) is 0 Å². The molecule has 4 heteroatoms. The minimum atomic E-state index is 0.730. The molecule has 0 fully saturated rings. The van der Waals surface area contributed by atoms with Gasteiger partial charge in [-0.2, -0.15) is 0 Å². The minimum absolute atomic E-state index is 0.730. The smallest absolute Gasteiger partial charge is 0.120 e. The van der Waals surface area contributed by atoms with Gasteiger partial charge < -0.3 is 0 Å². The highest BCUT2D eigenvalue weighted by Crippen LogP contribution is 2.31. The molecule has 1 aromatic heterocycles. The Morgan fingerprint density at radius 3 is 2.53 bits per heavy atom. The van der Waals surface area contributed by atoms with E-state index in [0.29, 0.717) is 0 Å². The summed E-state index contributed by atoms with van der Waals surface area (Å²) < 4.78 is 1.71. The number of hydrogen-bond acceptors (Lipinski definition) is 1. The zero-order valence-corrected chi connectivity index (χ0v) is 11.5. The van der Waals surface area contributed by atoms with Crippen LogP contribution in [-0.4, -0.2) is 4.98 Å². The van der Waals surface area contributed by atoms with Crippen molar-refractivity contribution in [3.8, 4) is 11.1 Å². The molecule has 0 saturated carbocycles. The van der Waals surface area contributed by atoms with E-state index in [-0.39, 0.29) is 0 Å². The second-order valence-electron chi connectivity index (χ2n) is 2.98. The maximum Gasteiger partial charge on any atom is 0.120 e. The van der Waals surface area contributed by atoms with Crippen molar-refractivity contribution in [1.29, 1.82) is 0 Å². The fourth-order valence-corrected chi connectivity index (χ4v) is 2.07. The third kappa shape index (κ3) is 2.41. The van der Waals surface area contributed by atoms with Gasteiger partial charge in [0.1, 0.15) is 4.60 Å². The molecule has 0 spiro atoms. The Morgan fingerprint density at radius 2 is 1.87 bits per heavy atom. The van der Waals surface area contributed by atoms with E-state index in [9.17, 15) is 0 Å². The molecule has 2 aromatic rings. The monoisotopic (exact) mass is 345 g/mol. The third-order valence-corrected chi connectivity index (χ3v) is 4.08. The van der Waals surface area contributed by atoms with Gasteiger partial charge in [-0.15, -0.1) is 0 Å². The van der Waals surface area contributed by atoms with Crippen LogP contribution in [0.25, 0.3) is 11.1 Å². The van der Waals surface area contributed by atoms with Crippen LogP contribution in [0.2, 0.25) is 5.02 Å². The molecule has 0 aliphatic carbocycles. The largest absolute Gasteiger partial charge is 0.248 e. The van der Waals surface area contributed by atoms with Gasteiger partial charge in [-0.1, -0.05) is 29.8 Å². The molecule has 1 aromatic carbocycles. The molecule has 0 radical (unpaired) electrons. The second-order valence-corrected chi connectivity index (χ2v) is 4.99. The standard InChI is InChI=1S/C11H6Br2ClN/c12-9-5-7(6-15-11(9)13)8-3-1-2-4-10(8)14/h1-6H. The van der Waals surface area contributed by atoms with E-state index in [0.717, 1.165) is 25.2 Å². The van der Waals surface area contributed by atoms with Gasteiger partial charge in [-0.05, 0) is 44.0 Å². The number of aromatic nitrogens is 1. The van der Waals surface area contributed by atoms with Crippen LogP contribution in [-0.2, 0) is 0 Å². The zero-order valence-electron chi connectivity index (χ0n) is 7.55. The Balaban J connectivity index is 2.55. The topological polar surface area (TPSA) is 12.9 Å². The van der Waals surface area contributed by atoms with Crippen molar-refractivity contribution in [2.75, 3.05) is 0 Å². The molecule has 0 unspecified atom stereocenters. The van der Waals surface area contributed by atoms with E-state index < -0.39 is 0 Å². The first-order chi connectivity index (χ1) is 7.18. The lowest BCUT2D eigenvalue weighted by Gasteiger charge is -2.04. The molecule has 1 heterocycles. The van der Waals surface area contributed by atoms with Crippen LogP contribution in [0.15, 0.2) is 45.6 Å². The van der Waals surface area contributed by atoms with E-state index >= 15 is 0 Å². The number of nitrogens with zero attached hydrogens (tertiary/aromatic N) is 1. The predicted molar refractivity (Wildman–Crippen MR) is 70.1 cm³/mol. The van der Waals surface area contributed by atoms with Crippen LogP contribution < -0.4 is 0 Å². The van der Waals surface area contributed by atoms with Crippen LogP contribution >= 0.6 is 43.5 Å². The number of rotatable bonds is 1. The van der Waals surface area contributed by atoms with E-state index in [4.69, 9.17) is 11.6 Å². The van der Waals surface area contributed by atoms with Crippen molar-refractivity contribution < 1.29 is 0 Å². The first kappa shape index (κ1) is 11.1. The SMILES string of the molecule is Clc1ccccc1-c1cnc(Br)c(Br)c1. The van der Waals surface area contributed by atoms with Crippen LogP contribution in [0.5, 0.6) is 0 Å². The highest BCUT2D eigenvalue weighted by atomic mass is 79.9. The Labute approximate surface area is 110 Å². The first-order valence-corrected chi connectivity index (χ1v) is 6.21. The molecule has 0 amide bonds. The lowest BCUT2D eigenvalue weighted by molar-refractivity contribution is 1.26. The maximum absolute atomic E-state index is 6.10. The van der Waals surface area contributed by atoms with Crippen molar-refractivity contribution in [3.05, 3.63) is 50.6 Å². The highest BCUT2D eigenvalue weighted by Gasteiger charge is 2.05. The molecular weight excluding hydrogens is 341 g/mol. The molecule has 0 aliphatic heterocycles. The molecule has 0 aliphatic rings. The predicted octanol–water partition coefficient (Wildman–Crippen LogP) is 4.93. The quantitative estimate of drug-likeness (QED) is 0.667. The van der Waals surface area contributed by atoms with Gasteiger partial charge >= 0.3 is 0 Å². The normalized spacial score (nSPS) is 10.3. The number of benzene rings is 1. The summed E-state index contributed by atoms with van der Waals surface area (Å²) in [5.41, 5.74) is 1.98. The van der Waals surface area contributed by atoms with Crippen LogP contribution in [0.4, 0.5) is 0 Å². The van der Waals surface area contributed by atoms with Gasteiger partial charge in [0.05, 0.1) is 4.47 Å². The summed E-state index contributed by atoms with van der Waals surface area (Å²) in [5, 5.41) is 0.730. The highest BCUT2D eigenvalue weighted by molar-refractivity contribution is 9.13. The lowest BCUT2D eigenvalue weighted by Crippen LogP contribution is -1.83. The van der Waals surface area contributed by atoms with Crippen molar-refractivity contribution in [1.82, 2.24) is 4.98 Å². The Bertz CT molecular complexity index is 500. The van der Waals surface area contributed by atoms with Gasteiger partial charge in [-0.25, -0.2) is 4.98 Å². The summed E-state index contributed by atoms with van der Waals surface area (Å²) in [6, 6.07) is 9.69. The molecule has 2 rings (SSSR count). The van der Waals surface area contributed by atoms with E-state index in [1.54, 1.807) is 6.20 Å². The summed E-state index contributed by atoms with van der Waals surface area (Å²) >= 11 is 12.8. The average Bonchev–Trinajstić information content (AvgIpc) is 2.23. The number of hydrogen-bond donors (Lipinski definition) is 0. The summed E-state index contributed by atoms with van der Waals surface area (Å²) in [5.74, 6) is 0. The molecule has 0 saturated heterocycles. The van der Waals surface area contributed by atoms with Crippen LogP contribution in [0.3, 0.4) is 0 Å². The van der Waals surface area contributed by atoms with Gasteiger partial charge in [0.2, 0.25) is 0 Å². The molecule has 76 valence electrons. The summed E-state index contributed by atoms with van der Waals surface area (Å²) in [6.45, 7) is 0.